The van der Waals surface area contributed by atoms with Gasteiger partial charge >= 0.3 is 0 Å². The summed E-state index contributed by atoms with van der Waals surface area (Å²) in [4.78, 5) is 10.5. The summed E-state index contributed by atoms with van der Waals surface area (Å²) in [5, 5.41) is 8.49. The van der Waals surface area contributed by atoms with E-state index >= 15 is 0 Å². The van der Waals surface area contributed by atoms with Crippen LogP contribution >= 0.6 is 0 Å². The number of fused-ring (bicyclic) bond motifs is 5. The summed E-state index contributed by atoms with van der Waals surface area (Å²) in [6.07, 6.45) is 3.05. The second-order valence-electron chi connectivity index (χ2n) is 6.96. The first kappa shape index (κ1) is 15.9. The molecule has 4 rings (SSSR count). The quantitative estimate of drug-likeness (QED) is 0.527. The lowest BCUT2D eigenvalue weighted by molar-refractivity contribution is 0.405. The average molecular weight is 332 g/mol. The van der Waals surface area contributed by atoms with Crippen molar-refractivity contribution in [3.63, 3.8) is 0 Å². The van der Waals surface area contributed by atoms with Gasteiger partial charge in [0.2, 0.25) is 0 Å². The predicted octanol–water partition coefficient (Wildman–Crippen LogP) is 4.54. The van der Waals surface area contributed by atoms with E-state index in [1.165, 1.54) is 38.1 Å². The van der Waals surface area contributed by atoms with Gasteiger partial charge in [-0.05, 0) is 44.9 Å². The third kappa shape index (κ3) is 2.83. The summed E-state index contributed by atoms with van der Waals surface area (Å²) < 4.78 is 0. The molecule has 0 aliphatic rings. The highest BCUT2D eigenvalue weighted by Gasteiger charge is 2.13. The summed E-state index contributed by atoms with van der Waals surface area (Å²) in [6, 6.07) is 12.9. The lowest BCUT2D eigenvalue weighted by Crippen LogP contribution is -2.16. The van der Waals surface area contributed by atoms with Crippen LogP contribution in [-0.2, 0) is 0 Å². The van der Waals surface area contributed by atoms with Crippen LogP contribution < -0.4 is 5.32 Å². The van der Waals surface area contributed by atoms with E-state index in [9.17, 15) is 0 Å². The van der Waals surface area contributed by atoms with Crippen molar-refractivity contribution >= 4 is 38.4 Å². The summed E-state index contributed by atoms with van der Waals surface area (Å²) in [6.45, 7) is 4.10. The normalized spacial score (nSPS) is 11.8. The summed E-state index contributed by atoms with van der Waals surface area (Å²) in [5.41, 5.74) is 3.55. The van der Waals surface area contributed by atoms with Crippen LogP contribution in [0.1, 0.15) is 12.0 Å². The van der Waals surface area contributed by atoms with E-state index in [1.54, 1.807) is 0 Å². The molecule has 2 N–H and O–H groups in total. The molecule has 0 saturated heterocycles. The highest BCUT2D eigenvalue weighted by atomic mass is 15.1. The summed E-state index contributed by atoms with van der Waals surface area (Å²) in [7, 11) is 4.21. The molecule has 0 aliphatic carbocycles. The Morgan fingerprint density at radius 1 is 1.04 bits per heavy atom. The molecular weight excluding hydrogens is 308 g/mol. The number of nitrogens with zero attached hydrogens (tertiary/aromatic N) is 2. The van der Waals surface area contributed by atoms with Crippen LogP contribution in [0.3, 0.4) is 0 Å². The lowest BCUT2D eigenvalue weighted by Gasteiger charge is -2.11. The fourth-order valence-electron chi connectivity index (χ4n) is 3.51. The molecule has 0 aliphatic heterocycles. The van der Waals surface area contributed by atoms with E-state index in [-0.39, 0.29) is 0 Å². The van der Waals surface area contributed by atoms with Gasteiger partial charge in [-0.1, -0.05) is 36.4 Å². The molecule has 2 aromatic carbocycles. The first-order valence-corrected chi connectivity index (χ1v) is 8.82. The van der Waals surface area contributed by atoms with Crippen LogP contribution in [0, 0.1) is 6.92 Å². The largest absolute Gasteiger partial charge is 0.369 e. The molecule has 0 radical (unpaired) electrons. The van der Waals surface area contributed by atoms with Crippen molar-refractivity contribution < 1.29 is 0 Å². The summed E-state index contributed by atoms with van der Waals surface area (Å²) >= 11 is 0. The number of hydrogen-bond acceptors (Lipinski definition) is 3. The van der Waals surface area contributed by atoms with Crippen LogP contribution in [0.15, 0.2) is 42.6 Å². The van der Waals surface area contributed by atoms with Crippen molar-refractivity contribution in [3.8, 4) is 0 Å². The maximum atomic E-state index is 4.68. The maximum Gasteiger partial charge on any atom is 0.136 e. The van der Waals surface area contributed by atoms with Gasteiger partial charge in [-0.15, -0.1) is 0 Å². The Kier molecular flexibility index (Phi) is 4.06. The fraction of sp³-hybridized carbons (Fsp3) is 0.286. The molecule has 0 atom stereocenters. The number of hydrogen-bond donors (Lipinski definition) is 2. The third-order valence-electron chi connectivity index (χ3n) is 4.79. The van der Waals surface area contributed by atoms with Crippen LogP contribution in [0.5, 0.6) is 0 Å². The van der Waals surface area contributed by atoms with E-state index in [0.717, 1.165) is 25.3 Å². The monoisotopic (exact) mass is 332 g/mol. The fourth-order valence-corrected chi connectivity index (χ4v) is 3.51. The van der Waals surface area contributed by atoms with Gasteiger partial charge in [-0.25, -0.2) is 4.98 Å². The van der Waals surface area contributed by atoms with Gasteiger partial charge in [0.25, 0.3) is 0 Å². The number of nitrogens with one attached hydrogen (secondary N) is 2. The Hall–Kier alpha value is -2.59. The van der Waals surface area contributed by atoms with Crippen LogP contribution in [0.25, 0.3) is 32.6 Å². The molecule has 0 saturated carbocycles. The molecule has 0 amide bonds. The zero-order valence-electron chi connectivity index (χ0n) is 15.1. The van der Waals surface area contributed by atoms with E-state index in [4.69, 9.17) is 0 Å². The van der Waals surface area contributed by atoms with E-state index in [1.807, 2.05) is 6.20 Å². The molecule has 0 unspecified atom stereocenters. The minimum atomic E-state index is 0.920. The van der Waals surface area contributed by atoms with Gasteiger partial charge in [0.1, 0.15) is 5.82 Å². The molecule has 0 spiro atoms. The van der Waals surface area contributed by atoms with E-state index in [2.05, 4.69) is 77.6 Å². The van der Waals surface area contributed by atoms with Gasteiger partial charge < -0.3 is 15.2 Å². The van der Waals surface area contributed by atoms with Crippen molar-refractivity contribution in [1.82, 2.24) is 14.9 Å². The zero-order valence-corrected chi connectivity index (χ0v) is 15.1. The van der Waals surface area contributed by atoms with Crippen molar-refractivity contribution in [1.29, 1.82) is 0 Å². The molecule has 4 heteroatoms. The van der Waals surface area contributed by atoms with Gasteiger partial charge in [0, 0.05) is 23.5 Å². The topological polar surface area (TPSA) is 44.0 Å². The van der Waals surface area contributed by atoms with Crippen LogP contribution in [0.4, 0.5) is 5.82 Å². The van der Waals surface area contributed by atoms with E-state index < -0.39 is 0 Å². The molecule has 0 fully saturated rings. The maximum absolute atomic E-state index is 4.68. The highest BCUT2D eigenvalue weighted by molar-refractivity contribution is 6.20. The number of pyridine rings is 1. The molecule has 0 bridgehead atoms. The third-order valence-corrected chi connectivity index (χ3v) is 4.79. The lowest BCUT2D eigenvalue weighted by atomic mass is 10.1. The van der Waals surface area contributed by atoms with Crippen molar-refractivity contribution in [2.24, 2.45) is 0 Å². The SMILES string of the molecule is Cc1cnc(NCCCN(C)C)c2c1[nH]c1c3ccccc3ccc12. The van der Waals surface area contributed by atoms with Gasteiger partial charge in [-0.3, -0.25) is 0 Å². The smallest absolute Gasteiger partial charge is 0.136 e. The first-order valence-electron chi connectivity index (χ1n) is 8.82. The zero-order chi connectivity index (χ0) is 17.4. The average Bonchev–Trinajstić information content (AvgIpc) is 3.01. The van der Waals surface area contributed by atoms with Crippen molar-refractivity contribution in [2.45, 2.75) is 13.3 Å². The van der Waals surface area contributed by atoms with E-state index in [0.29, 0.717) is 0 Å². The number of H-pyrrole nitrogens is 1. The van der Waals surface area contributed by atoms with Gasteiger partial charge in [-0.2, -0.15) is 0 Å². The van der Waals surface area contributed by atoms with Gasteiger partial charge in [0.05, 0.1) is 16.4 Å². The number of anilines is 1. The van der Waals surface area contributed by atoms with Crippen molar-refractivity contribution in [3.05, 3.63) is 48.2 Å². The number of aromatic amines is 1. The van der Waals surface area contributed by atoms with Gasteiger partial charge in [0.15, 0.2) is 0 Å². The number of rotatable bonds is 5. The Bertz CT molecular complexity index is 1050. The predicted molar refractivity (Wildman–Crippen MR) is 108 cm³/mol. The first-order chi connectivity index (χ1) is 12.1. The Morgan fingerprint density at radius 3 is 2.72 bits per heavy atom. The Labute approximate surface area is 147 Å². The Balaban J connectivity index is 1.84. The number of aromatic nitrogens is 2. The summed E-state index contributed by atoms with van der Waals surface area (Å²) in [5.74, 6) is 0.973. The second kappa shape index (κ2) is 6.37. The molecule has 4 aromatic rings. The van der Waals surface area contributed by atoms with Crippen LogP contribution in [-0.4, -0.2) is 42.1 Å². The molecule has 2 aromatic heterocycles. The van der Waals surface area contributed by atoms with Crippen LogP contribution in [0.2, 0.25) is 0 Å². The minimum Gasteiger partial charge on any atom is -0.369 e. The Morgan fingerprint density at radius 2 is 1.88 bits per heavy atom. The molecule has 2 heterocycles. The number of benzene rings is 2. The van der Waals surface area contributed by atoms with Crippen molar-refractivity contribution in [2.75, 3.05) is 32.5 Å². The minimum absolute atomic E-state index is 0.920. The highest BCUT2D eigenvalue weighted by Crippen LogP contribution is 2.35. The molecular formula is C21H24N4. The molecule has 25 heavy (non-hydrogen) atoms. The standard InChI is InChI=1S/C21H24N4/c1-14-13-23-21(22-11-6-12-25(2)3)18-17-10-9-15-7-4-5-8-16(15)20(17)24-19(14)18/h4-5,7-10,13,24H,6,11-12H2,1-3H3,(H,22,23). The molecule has 4 nitrogen and oxygen atoms in total. The number of aryl methyl sites for hydroxylation is 1. The second-order valence-corrected chi connectivity index (χ2v) is 6.96. The molecule has 128 valence electrons.